The number of hydrogen-bond donors (Lipinski definition) is 3. The number of carboxylic acids is 1. The summed E-state index contributed by atoms with van der Waals surface area (Å²) in [5.41, 5.74) is 1.62. The summed E-state index contributed by atoms with van der Waals surface area (Å²) < 4.78 is 0. The van der Waals surface area contributed by atoms with E-state index in [4.69, 9.17) is 5.11 Å². The molecule has 2 aromatic heterocycles. The van der Waals surface area contributed by atoms with Crippen LogP contribution in [0.2, 0.25) is 0 Å². The maximum Gasteiger partial charge on any atom is 0.306 e. The summed E-state index contributed by atoms with van der Waals surface area (Å²) in [4.78, 5) is 31.6. The zero-order chi connectivity index (χ0) is 17.0. The normalized spacial score (nSPS) is 12.0. The van der Waals surface area contributed by atoms with Gasteiger partial charge in [-0.3, -0.25) is 9.59 Å². The van der Waals surface area contributed by atoms with Crippen LogP contribution >= 0.6 is 22.7 Å². The first kappa shape index (κ1) is 17.4. The van der Waals surface area contributed by atoms with Crippen LogP contribution in [0.15, 0.2) is 5.38 Å². The van der Waals surface area contributed by atoms with Crippen molar-refractivity contribution in [2.24, 2.45) is 5.92 Å². The molecule has 0 spiro atoms. The average Bonchev–Trinajstić information content (AvgIpc) is 3.04. The van der Waals surface area contributed by atoms with E-state index in [1.54, 1.807) is 6.92 Å². The number of carbonyl (C=O) groups excluding carboxylic acids is 1. The molecule has 2 rings (SSSR count). The third-order valence-electron chi connectivity index (χ3n) is 3.09. The van der Waals surface area contributed by atoms with Crippen LogP contribution in [-0.4, -0.2) is 33.5 Å². The highest BCUT2D eigenvalue weighted by atomic mass is 32.1. The average molecular weight is 354 g/mol. The molecule has 0 aliphatic carbocycles. The van der Waals surface area contributed by atoms with Crippen molar-refractivity contribution in [3.63, 3.8) is 0 Å². The predicted molar refractivity (Wildman–Crippen MR) is 92.2 cm³/mol. The fraction of sp³-hybridized carbons (Fsp3) is 0.429. The van der Waals surface area contributed by atoms with Crippen molar-refractivity contribution in [1.29, 1.82) is 0 Å². The van der Waals surface area contributed by atoms with Gasteiger partial charge in [-0.25, -0.2) is 9.97 Å². The second-order valence-electron chi connectivity index (χ2n) is 5.11. The van der Waals surface area contributed by atoms with E-state index in [1.165, 1.54) is 29.6 Å². The Hall–Kier alpha value is -2.00. The van der Waals surface area contributed by atoms with Crippen LogP contribution in [0.1, 0.15) is 26.0 Å². The number of amides is 1. The van der Waals surface area contributed by atoms with Gasteiger partial charge >= 0.3 is 5.97 Å². The lowest BCUT2D eigenvalue weighted by Gasteiger charge is -2.05. The maximum atomic E-state index is 11.1. The molecule has 1 unspecified atom stereocenters. The SMILES string of the molecule is CC(=O)Nc1nc(C)c(-c2csc(NCCC(C)C(=O)O)n2)s1. The van der Waals surface area contributed by atoms with Crippen molar-refractivity contribution in [2.75, 3.05) is 17.2 Å². The number of carboxylic acid groups (broad SMARTS) is 1. The summed E-state index contributed by atoms with van der Waals surface area (Å²) in [6.45, 7) is 5.55. The topological polar surface area (TPSA) is 104 Å². The van der Waals surface area contributed by atoms with Crippen molar-refractivity contribution >= 4 is 44.8 Å². The summed E-state index contributed by atoms with van der Waals surface area (Å²) >= 11 is 2.84. The van der Waals surface area contributed by atoms with E-state index in [0.29, 0.717) is 18.1 Å². The summed E-state index contributed by atoms with van der Waals surface area (Å²) in [5, 5.41) is 17.9. The number of thiazole rings is 2. The number of carbonyl (C=O) groups is 2. The highest BCUT2D eigenvalue weighted by Gasteiger charge is 2.14. The molecule has 2 heterocycles. The first-order valence-electron chi connectivity index (χ1n) is 7.04. The van der Waals surface area contributed by atoms with Gasteiger partial charge in [-0.2, -0.15) is 0 Å². The van der Waals surface area contributed by atoms with E-state index in [1.807, 2.05) is 12.3 Å². The summed E-state index contributed by atoms with van der Waals surface area (Å²) in [5.74, 6) is -1.33. The van der Waals surface area contributed by atoms with Gasteiger partial charge in [-0.05, 0) is 13.3 Å². The Balaban J connectivity index is 2.00. The second kappa shape index (κ2) is 7.51. The molecule has 3 N–H and O–H groups in total. The van der Waals surface area contributed by atoms with Gasteiger partial charge in [0.1, 0.15) is 0 Å². The number of anilines is 2. The van der Waals surface area contributed by atoms with Crippen molar-refractivity contribution in [3.8, 4) is 10.6 Å². The van der Waals surface area contributed by atoms with Crippen molar-refractivity contribution in [3.05, 3.63) is 11.1 Å². The van der Waals surface area contributed by atoms with Gasteiger partial charge in [0.15, 0.2) is 10.3 Å². The zero-order valence-corrected chi connectivity index (χ0v) is 14.7. The Morgan fingerprint density at radius 1 is 1.35 bits per heavy atom. The summed E-state index contributed by atoms with van der Waals surface area (Å²) in [7, 11) is 0. The largest absolute Gasteiger partial charge is 0.481 e. The predicted octanol–water partition coefficient (Wildman–Crippen LogP) is 3.06. The van der Waals surface area contributed by atoms with E-state index in [2.05, 4.69) is 20.6 Å². The molecule has 9 heteroatoms. The van der Waals surface area contributed by atoms with Gasteiger partial charge in [-0.1, -0.05) is 18.3 Å². The number of aromatic nitrogens is 2. The van der Waals surface area contributed by atoms with Crippen LogP contribution in [0.4, 0.5) is 10.3 Å². The van der Waals surface area contributed by atoms with Crippen LogP contribution < -0.4 is 10.6 Å². The molecular weight excluding hydrogens is 336 g/mol. The molecule has 23 heavy (non-hydrogen) atoms. The molecule has 7 nitrogen and oxygen atoms in total. The third kappa shape index (κ3) is 4.73. The van der Waals surface area contributed by atoms with Gasteiger partial charge in [0.25, 0.3) is 0 Å². The monoisotopic (exact) mass is 354 g/mol. The van der Waals surface area contributed by atoms with Gasteiger partial charge in [0.2, 0.25) is 5.91 Å². The molecule has 1 amide bonds. The fourth-order valence-corrected chi connectivity index (χ4v) is 3.59. The van der Waals surface area contributed by atoms with Crippen LogP contribution in [0, 0.1) is 12.8 Å². The van der Waals surface area contributed by atoms with Gasteiger partial charge in [-0.15, -0.1) is 11.3 Å². The van der Waals surface area contributed by atoms with E-state index < -0.39 is 5.97 Å². The van der Waals surface area contributed by atoms with Gasteiger partial charge in [0.05, 0.1) is 22.2 Å². The highest BCUT2D eigenvalue weighted by Crippen LogP contribution is 2.34. The van der Waals surface area contributed by atoms with Crippen molar-refractivity contribution < 1.29 is 14.7 Å². The number of nitrogens with one attached hydrogen (secondary N) is 2. The van der Waals surface area contributed by atoms with Crippen LogP contribution in [0.5, 0.6) is 0 Å². The molecule has 0 radical (unpaired) electrons. The van der Waals surface area contributed by atoms with E-state index in [0.717, 1.165) is 21.4 Å². The fourth-order valence-electron chi connectivity index (χ4n) is 1.82. The van der Waals surface area contributed by atoms with Crippen LogP contribution in [0.25, 0.3) is 10.6 Å². The molecule has 124 valence electrons. The Kier molecular flexibility index (Phi) is 5.67. The first-order chi connectivity index (χ1) is 10.9. The summed E-state index contributed by atoms with van der Waals surface area (Å²) in [6.07, 6.45) is 0.538. The molecular formula is C14H18N4O3S2. The Morgan fingerprint density at radius 3 is 2.74 bits per heavy atom. The molecule has 0 aliphatic heterocycles. The standard InChI is InChI=1S/C14H18N4O3S2/c1-7(12(20)21)4-5-15-13-18-10(6-22-13)11-8(2)16-14(23-11)17-9(3)19/h6-7H,4-5H2,1-3H3,(H,15,18)(H,20,21)(H,16,17,19). The number of rotatable bonds is 7. The highest BCUT2D eigenvalue weighted by molar-refractivity contribution is 7.19. The number of aryl methyl sites for hydroxylation is 1. The second-order valence-corrected chi connectivity index (χ2v) is 6.96. The first-order valence-corrected chi connectivity index (χ1v) is 8.74. The molecule has 0 aliphatic rings. The van der Waals surface area contributed by atoms with Crippen molar-refractivity contribution in [2.45, 2.75) is 27.2 Å². The molecule has 0 fully saturated rings. The Bertz CT molecular complexity index is 711. The van der Waals surface area contributed by atoms with E-state index in [9.17, 15) is 9.59 Å². The number of nitrogens with zero attached hydrogens (tertiary/aromatic N) is 2. The van der Waals surface area contributed by atoms with Crippen LogP contribution in [0.3, 0.4) is 0 Å². The minimum Gasteiger partial charge on any atom is -0.481 e. The molecule has 0 saturated heterocycles. The molecule has 0 aromatic carbocycles. The maximum absolute atomic E-state index is 11.1. The zero-order valence-electron chi connectivity index (χ0n) is 13.0. The summed E-state index contributed by atoms with van der Waals surface area (Å²) in [6, 6.07) is 0. The van der Waals surface area contributed by atoms with Gasteiger partial charge in [0, 0.05) is 18.8 Å². The quantitative estimate of drug-likeness (QED) is 0.706. The molecule has 2 aromatic rings. The van der Waals surface area contributed by atoms with E-state index >= 15 is 0 Å². The van der Waals surface area contributed by atoms with Crippen LogP contribution in [-0.2, 0) is 9.59 Å². The smallest absolute Gasteiger partial charge is 0.306 e. The van der Waals surface area contributed by atoms with Crippen molar-refractivity contribution in [1.82, 2.24) is 9.97 Å². The number of hydrogen-bond acceptors (Lipinski definition) is 7. The lowest BCUT2D eigenvalue weighted by atomic mass is 10.1. The Labute approximate surface area is 141 Å². The number of aliphatic carboxylic acids is 1. The molecule has 0 bridgehead atoms. The minimum absolute atomic E-state index is 0.154. The lowest BCUT2D eigenvalue weighted by Crippen LogP contribution is -2.14. The molecule has 1 atom stereocenters. The Morgan fingerprint density at radius 2 is 2.09 bits per heavy atom. The van der Waals surface area contributed by atoms with E-state index in [-0.39, 0.29) is 11.8 Å². The third-order valence-corrected chi connectivity index (χ3v) is 4.99. The minimum atomic E-state index is -0.794. The van der Waals surface area contributed by atoms with Gasteiger partial charge < -0.3 is 15.7 Å². The molecule has 0 saturated carbocycles. The lowest BCUT2D eigenvalue weighted by molar-refractivity contribution is -0.141.